The van der Waals surface area contributed by atoms with Crippen LogP contribution in [-0.2, 0) is 6.54 Å². The Labute approximate surface area is 138 Å². The van der Waals surface area contributed by atoms with E-state index in [9.17, 15) is 4.79 Å². The van der Waals surface area contributed by atoms with Crippen LogP contribution in [0.5, 0.6) is 0 Å². The van der Waals surface area contributed by atoms with Gasteiger partial charge >= 0.3 is 0 Å². The van der Waals surface area contributed by atoms with Crippen LogP contribution in [0.3, 0.4) is 0 Å². The van der Waals surface area contributed by atoms with Gasteiger partial charge in [0.2, 0.25) is 0 Å². The summed E-state index contributed by atoms with van der Waals surface area (Å²) in [5.74, 6) is 0.973. The van der Waals surface area contributed by atoms with E-state index < -0.39 is 0 Å². The van der Waals surface area contributed by atoms with Crippen molar-refractivity contribution in [1.29, 1.82) is 0 Å². The van der Waals surface area contributed by atoms with E-state index in [1.807, 2.05) is 42.2 Å². The first kappa shape index (κ1) is 15.2. The van der Waals surface area contributed by atoms with E-state index >= 15 is 0 Å². The Morgan fingerprint density at radius 1 is 1.27 bits per heavy atom. The Morgan fingerprint density at radius 2 is 2.05 bits per heavy atom. The first-order valence-corrected chi connectivity index (χ1v) is 8.10. The number of nitrogens with zero attached hydrogens (tertiary/aromatic N) is 3. The van der Waals surface area contributed by atoms with Gasteiger partial charge in [-0.15, -0.1) is 0 Å². The van der Waals surface area contributed by atoms with Crippen molar-refractivity contribution in [3.63, 3.8) is 0 Å². The number of halogens is 1. The highest BCUT2D eigenvalue weighted by Gasteiger charge is 2.22. The van der Waals surface area contributed by atoms with Gasteiger partial charge in [-0.25, -0.2) is 0 Å². The summed E-state index contributed by atoms with van der Waals surface area (Å²) >= 11 is 3.41. The van der Waals surface area contributed by atoms with Gasteiger partial charge in [-0.3, -0.25) is 9.69 Å². The number of aromatic nitrogens is 1. The van der Waals surface area contributed by atoms with E-state index in [1.54, 1.807) is 0 Å². The summed E-state index contributed by atoms with van der Waals surface area (Å²) in [7, 11) is 0. The van der Waals surface area contributed by atoms with Crippen molar-refractivity contribution in [1.82, 2.24) is 15.0 Å². The Hall–Kier alpha value is -1.66. The summed E-state index contributed by atoms with van der Waals surface area (Å²) in [5.41, 5.74) is 1.63. The molecule has 1 aliphatic rings. The van der Waals surface area contributed by atoms with Crippen molar-refractivity contribution in [2.45, 2.75) is 13.5 Å². The molecule has 1 saturated heterocycles. The van der Waals surface area contributed by atoms with Gasteiger partial charge in [0.05, 0.1) is 12.2 Å². The summed E-state index contributed by atoms with van der Waals surface area (Å²) in [4.78, 5) is 16.7. The fourth-order valence-corrected chi connectivity index (χ4v) is 3.02. The average molecular weight is 364 g/mol. The minimum Gasteiger partial charge on any atom is -0.360 e. The second-order valence-electron chi connectivity index (χ2n) is 5.51. The van der Waals surface area contributed by atoms with Crippen LogP contribution in [0.1, 0.15) is 21.8 Å². The minimum absolute atomic E-state index is 0.0939. The van der Waals surface area contributed by atoms with Gasteiger partial charge in [0, 0.05) is 42.3 Å². The highest BCUT2D eigenvalue weighted by atomic mass is 79.9. The lowest BCUT2D eigenvalue weighted by atomic mass is 10.2. The van der Waals surface area contributed by atoms with E-state index in [0.717, 1.165) is 54.2 Å². The number of aryl methyl sites for hydroxylation is 1. The molecule has 3 rings (SSSR count). The van der Waals surface area contributed by atoms with Crippen molar-refractivity contribution < 1.29 is 9.32 Å². The molecule has 2 aromatic rings. The highest BCUT2D eigenvalue weighted by molar-refractivity contribution is 9.10. The van der Waals surface area contributed by atoms with Gasteiger partial charge in [0.1, 0.15) is 0 Å². The summed E-state index contributed by atoms with van der Waals surface area (Å²) in [6, 6.07) is 9.50. The quantitative estimate of drug-likeness (QED) is 0.841. The lowest BCUT2D eigenvalue weighted by Crippen LogP contribution is -2.48. The first-order chi connectivity index (χ1) is 10.6. The second kappa shape index (κ2) is 6.62. The molecule has 2 heterocycles. The molecule has 0 spiro atoms. The predicted octanol–water partition coefficient (Wildman–Crippen LogP) is 2.70. The number of carbonyl (C=O) groups is 1. The largest absolute Gasteiger partial charge is 0.360 e. The topological polar surface area (TPSA) is 49.6 Å². The number of amides is 1. The molecule has 1 aromatic heterocycles. The number of hydrogen-bond acceptors (Lipinski definition) is 4. The maximum atomic E-state index is 12.5. The van der Waals surface area contributed by atoms with Crippen LogP contribution in [0.15, 0.2) is 39.3 Å². The molecular weight excluding hydrogens is 346 g/mol. The monoisotopic (exact) mass is 363 g/mol. The fraction of sp³-hybridized carbons (Fsp3) is 0.375. The van der Waals surface area contributed by atoms with Crippen LogP contribution in [0.4, 0.5) is 0 Å². The number of rotatable bonds is 3. The molecule has 0 atom stereocenters. The van der Waals surface area contributed by atoms with Crippen molar-refractivity contribution in [2.24, 2.45) is 0 Å². The number of piperazine rings is 1. The Bertz CT molecular complexity index is 663. The fourth-order valence-electron chi connectivity index (χ4n) is 2.62. The van der Waals surface area contributed by atoms with Crippen molar-refractivity contribution in [3.05, 3.63) is 51.8 Å². The predicted molar refractivity (Wildman–Crippen MR) is 86.6 cm³/mol. The van der Waals surface area contributed by atoms with E-state index in [1.165, 1.54) is 0 Å². The van der Waals surface area contributed by atoms with Gasteiger partial charge in [-0.2, -0.15) is 0 Å². The zero-order chi connectivity index (χ0) is 15.5. The third-order valence-electron chi connectivity index (χ3n) is 3.79. The van der Waals surface area contributed by atoms with Crippen LogP contribution < -0.4 is 0 Å². The lowest BCUT2D eigenvalue weighted by Gasteiger charge is -2.34. The summed E-state index contributed by atoms with van der Waals surface area (Å²) in [5, 5.41) is 3.90. The summed E-state index contributed by atoms with van der Waals surface area (Å²) in [6.45, 7) is 5.83. The molecule has 1 aliphatic heterocycles. The van der Waals surface area contributed by atoms with Gasteiger partial charge in [0.15, 0.2) is 5.76 Å². The second-order valence-corrected chi connectivity index (χ2v) is 6.43. The molecule has 116 valence electrons. The normalized spacial score (nSPS) is 16.0. The third-order valence-corrected chi connectivity index (χ3v) is 4.28. The van der Waals surface area contributed by atoms with E-state index in [0.29, 0.717) is 0 Å². The smallest absolute Gasteiger partial charge is 0.253 e. The molecular formula is C16H18BrN3O2. The highest BCUT2D eigenvalue weighted by Crippen LogP contribution is 2.15. The molecule has 0 bridgehead atoms. The van der Waals surface area contributed by atoms with Crippen LogP contribution in [0, 0.1) is 6.92 Å². The average Bonchev–Trinajstić information content (AvgIpc) is 2.92. The van der Waals surface area contributed by atoms with Gasteiger partial charge in [-0.05, 0) is 25.1 Å². The maximum absolute atomic E-state index is 12.5. The molecule has 0 N–H and O–H groups in total. The lowest BCUT2D eigenvalue weighted by molar-refractivity contribution is 0.0617. The Balaban J connectivity index is 1.56. The molecule has 22 heavy (non-hydrogen) atoms. The van der Waals surface area contributed by atoms with Gasteiger partial charge in [-0.1, -0.05) is 27.2 Å². The molecule has 5 nitrogen and oxygen atoms in total. The molecule has 0 saturated carbocycles. The molecule has 6 heteroatoms. The van der Waals surface area contributed by atoms with E-state index in [2.05, 4.69) is 26.0 Å². The van der Waals surface area contributed by atoms with Crippen molar-refractivity contribution in [2.75, 3.05) is 26.2 Å². The van der Waals surface area contributed by atoms with E-state index in [-0.39, 0.29) is 5.91 Å². The van der Waals surface area contributed by atoms with Crippen molar-refractivity contribution in [3.8, 4) is 0 Å². The molecule has 0 unspecified atom stereocenters. The molecule has 1 fully saturated rings. The Morgan fingerprint density at radius 3 is 2.68 bits per heavy atom. The number of benzene rings is 1. The van der Waals surface area contributed by atoms with Crippen LogP contribution in [0.2, 0.25) is 0 Å². The SMILES string of the molecule is Cc1cc(CN2CCN(C(=O)c3cccc(Br)c3)CC2)on1. The molecule has 1 amide bonds. The van der Waals surface area contributed by atoms with Gasteiger partial charge < -0.3 is 9.42 Å². The van der Waals surface area contributed by atoms with Gasteiger partial charge in [0.25, 0.3) is 5.91 Å². The summed E-state index contributed by atoms with van der Waals surface area (Å²) < 4.78 is 6.17. The minimum atomic E-state index is 0.0939. The molecule has 0 radical (unpaired) electrons. The number of carbonyl (C=O) groups excluding carboxylic acids is 1. The molecule has 0 aliphatic carbocycles. The van der Waals surface area contributed by atoms with Crippen LogP contribution in [0.25, 0.3) is 0 Å². The van der Waals surface area contributed by atoms with E-state index in [4.69, 9.17) is 4.52 Å². The zero-order valence-electron chi connectivity index (χ0n) is 12.5. The zero-order valence-corrected chi connectivity index (χ0v) is 14.0. The Kier molecular flexibility index (Phi) is 4.59. The summed E-state index contributed by atoms with van der Waals surface area (Å²) in [6.07, 6.45) is 0. The van der Waals surface area contributed by atoms with Crippen LogP contribution in [-0.4, -0.2) is 47.0 Å². The third kappa shape index (κ3) is 3.56. The van der Waals surface area contributed by atoms with Crippen LogP contribution >= 0.6 is 15.9 Å². The number of hydrogen-bond donors (Lipinski definition) is 0. The standard InChI is InChI=1S/C16H18BrN3O2/c1-12-9-15(22-18-12)11-19-5-7-20(8-6-19)16(21)13-3-2-4-14(17)10-13/h2-4,9-10H,5-8,11H2,1H3. The van der Waals surface area contributed by atoms with Crippen molar-refractivity contribution >= 4 is 21.8 Å². The first-order valence-electron chi connectivity index (χ1n) is 7.31. The maximum Gasteiger partial charge on any atom is 0.253 e. The molecule has 1 aromatic carbocycles.